The summed E-state index contributed by atoms with van der Waals surface area (Å²) in [6.45, 7) is 9.06. The fourth-order valence-electron chi connectivity index (χ4n) is 3.70. The maximum Gasteiger partial charge on any atom is 0.231 e. The molecule has 36 heavy (non-hydrogen) atoms. The number of anilines is 1. The summed E-state index contributed by atoms with van der Waals surface area (Å²) < 4.78 is 11.8. The van der Waals surface area contributed by atoms with Crippen molar-refractivity contribution in [3.63, 3.8) is 0 Å². The Hall–Kier alpha value is -3.38. The minimum absolute atomic E-state index is 0.123. The van der Waals surface area contributed by atoms with Gasteiger partial charge < -0.3 is 20.1 Å². The molecule has 0 heterocycles. The van der Waals surface area contributed by atoms with Crippen LogP contribution in [-0.2, 0) is 11.2 Å². The molecule has 0 atom stereocenters. The Balaban J connectivity index is 1.42. The number of benzene rings is 3. The number of hydrogen-bond donors (Lipinski definition) is 2. The topological polar surface area (TPSA) is 59.6 Å². The summed E-state index contributed by atoms with van der Waals surface area (Å²) in [5, 5.41) is 6.18. The SMILES string of the molecule is Cc1ccc(C)c(OCCCC(C)(C)C(=O)NC(=S)Nc2cccc(OCCc3ccccc3)c2)c1. The molecule has 3 aromatic carbocycles. The van der Waals surface area contributed by atoms with Crippen LogP contribution < -0.4 is 20.1 Å². The molecule has 3 aromatic rings. The van der Waals surface area contributed by atoms with Gasteiger partial charge in [-0.05, 0) is 73.8 Å². The predicted octanol–water partition coefficient (Wildman–Crippen LogP) is 6.62. The van der Waals surface area contributed by atoms with Crippen LogP contribution in [0.15, 0.2) is 72.8 Å². The number of rotatable bonds is 11. The van der Waals surface area contributed by atoms with Gasteiger partial charge in [0.15, 0.2) is 5.11 Å². The van der Waals surface area contributed by atoms with Crippen molar-refractivity contribution in [2.75, 3.05) is 18.5 Å². The second kappa shape index (κ2) is 13.1. The van der Waals surface area contributed by atoms with Crippen molar-refractivity contribution in [2.45, 2.75) is 47.0 Å². The van der Waals surface area contributed by atoms with Gasteiger partial charge in [0.1, 0.15) is 11.5 Å². The predicted molar refractivity (Wildman–Crippen MR) is 151 cm³/mol. The van der Waals surface area contributed by atoms with Crippen molar-refractivity contribution in [1.82, 2.24) is 5.32 Å². The lowest BCUT2D eigenvalue weighted by Crippen LogP contribution is -2.42. The summed E-state index contributed by atoms with van der Waals surface area (Å²) >= 11 is 5.39. The first-order valence-electron chi connectivity index (χ1n) is 12.3. The normalized spacial score (nSPS) is 11.0. The summed E-state index contributed by atoms with van der Waals surface area (Å²) in [4.78, 5) is 12.9. The average Bonchev–Trinajstić information content (AvgIpc) is 2.84. The van der Waals surface area contributed by atoms with Crippen LogP contribution >= 0.6 is 12.2 Å². The number of thiocarbonyl (C=S) groups is 1. The van der Waals surface area contributed by atoms with E-state index in [9.17, 15) is 4.79 Å². The minimum Gasteiger partial charge on any atom is -0.493 e. The third kappa shape index (κ3) is 8.68. The summed E-state index contributed by atoms with van der Waals surface area (Å²) in [5.74, 6) is 1.52. The van der Waals surface area contributed by atoms with E-state index in [1.807, 2.05) is 76.2 Å². The van der Waals surface area contributed by atoms with Gasteiger partial charge in [-0.15, -0.1) is 0 Å². The van der Waals surface area contributed by atoms with Crippen LogP contribution in [0.5, 0.6) is 11.5 Å². The van der Waals surface area contributed by atoms with E-state index in [4.69, 9.17) is 21.7 Å². The van der Waals surface area contributed by atoms with Crippen molar-refractivity contribution in [2.24, 2.45) is 5.41 Å². The van der Waals surface area contributed by atoms with Crippen LogP contribution in [-0.4, -0.2) is 24.2 Å². The molecule has 0 spiro atoms. The van der Waals surface area contributed by atoms with E-state index in [2.05, 4.69) is 34.9 Å². The molecule has 5 nitrogen and oxygen atoms in total. The number of amides is 1. The van der Waals surface area contributed by atoms with Gasteiger partial charge in [0.05, 0.1) is 13.2 Å². The van der Waals surface area contributed by atoms with Gasteiger partial charge in [-0.2, -0.15) is 0 Å². The standard InChI is InChI=1S/C30H36N2O3S/c1-22-14-15-23(2)27(20-22)35-18-9-17-30(3,4)28(33)32-29(36)31-25-12-8-13-26(21-25)34-19-16-24-10-6-5-7-11-24/h5-8,10-15,20-21H,9,16-19H2,1-4H3,(H2,31,32,33,36). The molecular formula is C30H36N2O3S. The van der Waals surface area contributed by atoms with E-state index in [0.29, 0.717) is 19.6 Å². The molecule has 2 N–H and O–H groups in total. The second-order valence-corrected chi connectivity index (χ2v) is 10.0. The Kier molecular flexibility index (Phi) is 9.88. The molecule has 0 aliphatic rings. The van der Waals surface area contributed by atoms with Crippen LogP contribution in [0, 0.1) is 19.3 Å². The summed E-state index contributed by atoms with van der Waals surface area (Å²) in [6.07, 6.45) is 2.27. The van der Waals surface area contributed by atoms with E-state index in [1.54, 1.807) is 0 Å². The quantitative estimate of drug-likeness (QED) is 0.227. The van der Waals surface area contributed by atoms with Crippen LogP contribution in [0.25, 0.3) is 0 Å². The third-order valence-corrected chi connectivity index (χ3v) is 6.19. The van der Waals surface area contributed by atoms with Gasteiger partial charge >= 0.3 is 0 Å². The molecule has 190 valence electrons. The highest BCUT2D eigenvalue weighted by atomic mass is 32.1. The molecule has 3 rings (SSSR count). The van der Waals surface area contributed by atoms with Gasteiger partial charge in [0.2, 0.25) is 5.91 Å². The van der Waals surface area contributed by atoms with Crippen molar-refractivity contribution in [3.8, 4) is 11.5 Å². The monoisotopic (exact) mass is 504 g/mol. The zero-order valence-corrected chi connectivity index (χ0v) is 22.4. The molecule has 0 aliphatic heterocycles. The molecule has 6 heteroatoms. The number of carbonyl (C=O) groups is 1. The zero-order valence-electron chi connectivity index (χ0n) is 21.6. The Labute approximate surface area is 220 Å². The van der Waals surface area contributed by atoms with Crippen molar-refractivity contribution in [3.05, 3.63) is 89.5 Å². The van der Waals surface area contributed by atoms with Crippen LogP contribution in [0.1, 0.15) is 43.4 Å². The molecule has 0 saturated carbocycles. The number of aryl methyl sites for hydroxylation is 2. The lowest BCUT2D eigenvalue weighted by atomic mass is 9.87. The highest BCUT2D eigenvalue weighted by Gasteiger charge is 2.27. The van der Waals surface area contributed by atoms with Crippen molar-refractivity contribution < 1.29 is 14.3 Å². The number of carbonyl (C=O) groups excluding carboxylic acids is 1. The Morgan fingerprint density at radius 3 is 2.47 bits per heavy atom. The largest absolute Gasteiger partial charge is 0.493 e. The first-order chi connectivity index (χ1) is 17.2. The van der Waals surface area contributed by atoms with E-state index in [0.717, 1.165) is 35.6 Å². The maximum absolute atomic E-state index is 12.9. The number of ether oxygens (including phenoxy) is 2. The van der Waals surface area contributed by atoms with Crippen molar-refractivity contribution in [1.29, 1.82) is 0 Å². The minimum atomic E-state index is -0.584. The molecular weight excluding hydrogens is 468 g/mol. The Morgan fingerprint density at radius 2 is 1.69 bits per heavy atom. The molecule has 0 aromatic heterocycles. The molecule has 0 unspecified atom stereocenters. The smallest absolute Gasteiger partial charge is 0.231 e. The number of nitrogens with one attached hydrogen (secondary N) is 2. The van der Waals surface area contributed by atoms with Gasteiger partial charge in [0, 0.05) is 23.6 Å². The summed E-state index contributed by atoms with van der Waals surface area (Å²) in [5.41, 5.74) is 3.69. The van der Waals surface area contributed by atoms with E-state index in [1.165, 1.54) is 11.1 Å². The number of hydrogen-bond acceptors (Lipinski definition) is 4. The average molecular weight is 505 g/mol. The highest BCUT2D eigenvalue weighted by molar-refractivity contribution is 7.80. The Bertz CT molecular complexity index is 1160. The van der Waals surface area contributed by atoms with Gasteiger partial charge in [0.25, 0.3) is 0 Å². The van der Waals surface area contributed by atoms with E-state index in [-0.39, 0.29) is 11.0 Å². The molecule has 0 fully saturated rings. The van der Waals surface area contributed by atoms with Crippen LogP contribution in [0.2, 0.25) is 0 Å². The lowest BCUT2D eigenvalue weighted by Gasteiger charge is -2.24. The molecule has 0 saturated heterocycles. The molecule has 0 aliphatic carbocycles. The third-order valence-electron chi connectivity index (χ3n) is 5.98. The summed E-state index contributed by atoms with van der Waals surface area (Å²) in [7, 11) is 0. The zero-order chi connectivity index (χ0) is 26.0. The van der Waals surface area contributed by atoms with E-state index < -0.39 is 5.41 Å². The highest BCUT2D eigenvalue weighted by Crippen LogP contribution is 2.24. The van der Waals surface area contributed by atoms with Crippen molar-refractivity contribution >= 4 is 28.9 Å². The first kappa shape index (κ1) is 27.2. The van der Waals surface area contributed by atoms with Crippen LogP contribution in [0.4, 0.5) is 5.69 Å². The summed E-state index contributed by atoms with van der Waals surface area (Å²) in [6, 6.07) is 24.0. The fourth-order valence-corrected chi connectivity index (χ4v) is 3.91. The van der Waals surface area contributed by atoms with Gasteiger partial charge in [-0.25, -0.2) is 0 Å². The molecule has 0 bridgehead atoms. The molecule has 1 amide bonds. The maximum atomic E-state index is 12.9. The second-order valence-electron chi connectivity index (χ2n) is 9.62. The van der Waals surface area contributed by atoms with Gasteiger partial charge in [-0.1, -0.05) is 62.4 Å². The van der Waals surface area contributed by atoms with E-state index >= 15 is 0 Å². The lowest BCUT2D eigenvalue weighted by molar-refractivity contribution is -0.128. The first-order valence-corrected chi connectivity index (χ1v) is 12.7. The molecule has 0 radical (unpaired) electrons. The Morgan fingerprint density at radius 1 is 0.917 bits per heavy atom. The van der Waals surface area contributed by atoms with Gasteiger partial charge in [-0.3, -0.25) is 4.79 Å². The fraction of sp³-hybridized carbons (Fsp3) is 0.333. The van der Waals surface area contributed by atoms with Crippen LogP contribution in [0.3, 0.4) is 0 Å².